The Morgan fingerprint density at radius 2 is 1.02 bits per heavy atom. The van der Waals surface area contributed by atoms with Crippen LogP contribution in [0.3, 0.4) is 0 Å². The molecule has 3 aromatic heterocycles. The molecule has 0 atom stereocenters. The second-order valence-corrected chi connectivity index (χ2v) is 13.8. The summed E-state index contributed by atoms with van der Waals surface area (Å²) >= 11 is 0. The van der Waals surface area contributed by atoms with Crippen molar-refractivity contribution in [3.8, 4) is 50.6 Å². The van der Waals surface area contributed by atoms with E-state index in [1.807, 2.05) is 24.3 Å². The van der Waals surface area contributed by atoms with E-state index in [1.165, 1.54) is 0 Å². The van der Waals surface area contributed by atoms with Gasteiger partial charge in [0.15, 0.2) is 0 Å². The molecule has 0 aliphatic rings. The monoisotopic (exact) mass is 689 g/mol. The first-order valence-corrected chi connectivity index (χ1v) is 18.2. The molecular weight excluding hydrogens is 659 g/mol. The van der Waals surface area contributed by atoms with Gasteiger partial charge in [0.1, 0.15) is 11.2 Å². The predicted molar refractivity (Wildman–Crippen MR) is 223 cm³/mol. The van der Waals surface area contributed by atoms with E-state index in [2.05, 4.69) is 168 Å². The number of para-hydroxylation sites is 3. The Hall–Kier alpha value is -7.30. The molecule has 3 heterocycles. The molecular formula is C50H31N3O. The highest BCUT2D eigenvalue weighted by Crippen LogP contribution is 2.43. The highest BCUT2D eigenvalue weighted by Gasteiger charge is 2.22. The summed E-state index contributed by atoms with van der Waals surface area (Å²) in [5.41, 5.74) is 13.5. The smallest absolute Gasteiger partial charge is 0.235 e. The van der Waals surface area contributed by atoms with Gasteiger partial charge in [0, 0.05) is 38.1 Å². The second-order valence-electron chi connectivity index (χ2n) is 13.8. The summed E-state index contributed by atoms with van der Waals surface area (Å²) in [5.74, 6) is 0.637. The van der Waals surface area contributed by atoms with Crippen molar-refractivity contribution in [2.24, 2.45) is 0 Å². The quantitative estimate of drug-likeness (QED) is 0.181. The third kappa shape index (κ3) is 4.78. The molecule has 4 nitrogen and oxygen atoms in total. The maximum atomic E-state index is 6.31. The highest BCUT2D eigenvalue weighted by molar-refractivity contribution is 6.16. The number of furan rings is 1. The van der Waals surface area contributed by atoms with E-state index in [1.54, 1.807) is 0 Å². The summed E-state index contributed by atoms with van der Waals surface area (Å²) in [6.45, 7) is 0. The van der Waals surface area contributed by atoms with Crippen LogP contribution < -0.4 is 0 Å². The first kappa shape index (κ1) is 30.3. The van der Waals surface area contributed by atoms with Gasteiger partial charge in [-0.1, -0.05) is 146 Å². The lowest BCUT2D eigenvalue weighted by atomic mass is 9.92. The van der Waals surface area contributed by atoms with Crippen molar-refractivity contribution in [1.29, 1.82) is 0 Å². The normalized spacial score (nSPS) is 11.7. The molecule has 4 heteroatoms. The molecule has 0 spiro atoms. The Kier molecular flexibility index (Phi) is 6.82. The lowest BCUT2D eigenvalue weighted by molar-refractivity contribution is 0.669. The molecule has 252 valence electrons. The number of hydrogen-bond donors (Lipinski definition) is 0. The van der Waals surface area contributed by atoms with Crippen LogP contribution in [0.2, 0.25) is 0 Å². The maximum Gasteiger partial charge on any atom is 0.235 e. The number of rotatable bonds is 5. The van der Waals surface area contributed by atoms with Crippen molar-refractivity contribution in [1.82, 2.24) is 14.5 Å². The van der Waals surface area contributed by atoms with Crippen LogP contribution in [0, 0.1) is 0 Å². The number of aromatic nitrogens is 3. The lowest BCUT2D eigenvalue weighted by Gasteiger charge is -2.15. The van der Waals surface area contributed by atoms with E-state index in [-0.39, 0.29) is 0 Å². The van der Waals surface area contributed by atoms with Gasteiger partial charge in [-0.25, -0.2) is 9.97 Å². The van der Waals surface area contributed by atoms with E-state index >= 15 is 0 Å². The van der Waals surface area contributed by atoms with Gasteiger partial charge in [0.2, 0.25) is 5.95 Å². The van der Waals surface area contributed by atoms with Gasteiger partial charge in [0.05, 0.1) is 22.2 Å². The van der Waals surface area contributed by atoms with Crippen molar-refractivity contribution < 1.29 is 4.42 Å². The standard InChI is InChI=1S/C50H31N3O/c1-3-15-32(16-4-1)36-30-41(35-20-13-19-34(29-35)37-24-14-28-46-47(37)40-23-9-12-27-45(40)54-46)49-42(31-36)38-21-8-11-26-44(38)53(49)50-51-43-25-10-7-22-39(43)48(52-50)33-17-5-2-6-18-33/h1-31H. The van der Waals surface area contributed by atoms with Crippen LogP contribution >= 0.6 is 0 Å². The Bertz CT molecular complexity index is 3210. The second kappa shape index (κ2) is 12.1. The van der Waals surface area contributed by atoms with Gasteiger partial charge in [-0.05, 0) is 70.3 Å². The number of nitrogens with zero attached hydrogens (tertiary/aromatic N) is 3. The van der Waals surface area contributed by atoms with Gasteiger partial charge in [-0.15, -0.1) is 0 Å². The molecule has 11 aromatic rings. The van der Waals surface area contributed by atoms with Crippen LogP contribution in [0.5, 0.6) is 0 Å². The number of benzene rings is 8. The molecule has 8 aromatic carbocycles. The zero-order valence-corrected chi connectivity index (χ0v) is 29.1. The molecule has 54 heavy (non-hydrogen) atoms. The van der Waals surface area contributed by atoms with Crippen LogP contribution in [0.25, 0.3) is 105 Å². The van der Waals surface area contributed by atoms with Gasteiger partial charge in [-0.2, -0.15) is 0 Å². The van der Waals surface area contributed by atoms with E-state index in [9.17, 15) is 0 Å². The SMILES string of the molecule is c1ccc(-c2cc(-c3cccc(-c4cccc5oc6ccccc6c45)c3)c3c(c2)c2ccccc2n3-c2nc(-c3ccccc3)c3ccccc3n2)cc1. The molecule has 0 saturated carbocycles. The van der Waals surface area contributed by atoms with Gasteiger partial charge in [0.25, 0.3) is 0 Å². The lowest BCUT2D eigenvalue weighted by Crippen LogP contribution is -2.04. The van der Waals surface area contributed by atoms with Crippen molar-refractivity contribution in [3.05, 3.63) is 188 Å². The first-order valence-electron chi connectivity index (χ1n) is 18.2. The van der Waals surface area contributed by atoms with E-state index in [0.29, 0.717) is 5.95 Å². The van der Waals surface area contributed by atoms with Gasteiger partial charge >= 0.3 is 0 Å². The Morgan fingerprint density at radius 3 is 1.85 bits per heavy atom. The molecule has 0 aliphatic heterocycles. The summed E-state index contributed by atoms with van der Waals surface area (Å²) < 4.78 is 8.57. The molecule has 0 bridgehead atoms. The maximum absolute atomic E-state index is 6.31. The minimum Gasteiger partial charge on any atom is -0.456 e. The zero-order chi connectivity index (χ0) is 35.6. The van der Waals surface area contributed by atoms with Crippen molar-refractivity contribution in [3.63, 3.8) is 0 Å². The molecule has 0 radical (unpaired) electrons. The topological polar surface area (TPSA) is 43.9 Å². The van der Waals surface area contributed by atoms with E-state index in [4.69, 9.17) is 14.4 Å². The zero-order valence-electron chi connectivity index (χ0n) is 29.1. The summed E-state index contributed by atoms with van der Waals surface area (Å²) in [4.78, 5) is 10.7. The molecule has 0 N–H and O–H groups in total. The number of fused-ring (bicyclic) bond motifs is 7. The Labute approximate surface area is 311 Å². The minimum absolute atomic E-state index is 0.637. The van der Waals surface area contributed by atoms with Crippen molar-refractivity contribution in [2.45, 2.75) is 0 Å². The third-order valence-corrected chi connectivity index (χ3v) is 10.6. The Balaban J connectivity index is 1.23. The summed E-state index contributed by atoms with van der Waals surface area (Å²) in [5, 5.41) is 5.56. The highest BCUT2D eigenvalue weighted by atomic mass is 16.3. The molecule has 0 unspecified atom stereocenters. The fraction of sp³-hybridized carbons (Fsp3) is 0. The van der Waals surface area contributed by atoms with E-state index < -0.39 is 0 Å². The fourth-order valence-electron chi connectivity index (χ4n) is 8.17. The van der Waals surface area contributed by atoms with Crippen LogP contribution in [-0.4, -0.2) is 14.5 Å². The molecule has 0 saturated heterocycles. The van der Waals surface area contributed by atoms with Crippen molar-refractivity contribution in [2.75, 3.05) is 0 Å². The average Bonchev–Trinajstić information content (AvgIpc) is 3.80. The molecule has 0 amide bonds. The fourth-order valence-corrected chi connectivity index (χ4v) is 8.17. The Morgan fingerprint density at radius 1 is 0.389 bits per heavy atom. The summed E-state index contributed by atoms with van der Waals surface area (Å²) in [6.07, 6.45) is 0. The van der Waals surface area contributed by atoms with Crippen LogP contribution in [0.15, 0.2) is 192 Å². The average molecular weight is 690 g/mol. The van der Waals surface area contributed by atoms with Gasteiger partial charge < -0.3 is 4.42 Å². The van der Waals surface area contributed by atoms with Crippen LogP contribution in [0.1, 0.15) is 0 Å². The van der Waals surface area contributed by atoms with Crippen LogP contribution in [0.4, 0.5) is 0 Å². The minimum atomic E-state index is 0.637. The van der Waals surface area contributed by atoms with Crippen molar-refractivity contribution >= 4 is 54.6 Å². The summed E-state index contributed by atoms with van der Waals surface area (Å²) in [7, 11) is 0. The predicted octanol–water partition coefficient (Wildman–Crippen LogP) is 13.3. The van der Waals surface area contributed by atoms with Crippen LogP contribution in [-0.2, 0) is 0 Å². The van der Waals surface area contributed by atoms with Gasteiger partial charge in [-0.3, -0.25) is 4.57 Å². The molecule has 0 fully saturated rings. The number of hydrogen-bond acceptors (Lipinski definition) is 3. The molecule has 11 rings (SSSR count). The van der Waals surface area contributed by atoms with E-state index in [0.717, 1.165) is 99.3 Å². The molecule has 0 aliphatic carbocycles. The third-order valence-electron chi connectivity index (χ3n) is 10.6. The largest absolute Gasteiger partial charge is 0.456 e. The summed E-state index contributed by atoms with van der Waals surface area (Å²) in [6, 6.07) is 66.2. The first-order chi connectivity index (χ1) is 26.8.